The Labute approximate surface area is 122 Å². The van der Waals surface area contributed by atoms with Crippen molar-refractivity contribution in [1.82, 2.24) is 0 Å². The maximum atomic E-state index is 12.6. The van der Waals surface area contributed by atoms with E-state index < -0.39 is 0 Å². The van der Waals surface area contributed by atoms with Crippen LogP contribution in [0.15, 0.2) is 30.4 Å². The summed E-state index contributed by atoms with van der Waals surface area (Å²) in [5, 5.41) is 0.584. The van der Waals surface area contributed by atoms with Crippen molar-refractivity contribution in [3.8, 4) is 0 Å². The van der Waals surface area contributed by atoms with E-state index in [1.54, 1.807) is 12.1 Å². The highest BCUT2D eigenvalue weighted by Crippen LogP contribution is 2.53. The summed E-state index contributed by atoms with van der Waals surface area (Å²) in [7, 11) is 0. The lowest BCUT2D eigenvalue weighted by Gasteiger charge is -2.17. The number of carbonyl (C=O) groups is 2. The number of rotatable bonds is 1. The van der Waals surface area contributed by atoms with Crippen molar-refractivity contribution >= 4 is 29.1 Å². The van der Waals surface area contributed by atoms with Gasteiger partial charge in [-0.2, -0.15) is 0 Å². The summed E-state index contributed by atoms with van der Waals surface area (Å²) < 4.78 is 0. The number of nitrogens with zero attached hydrogens (tertiary/aromatic N) is 1. The molecular weight excluding hydrogens is 274 g/mol. The Morgan fingerprint density at radius 3 is 2.25 bits per heavy atom. The van der Waals surface area contributed by atoms with Gasteiger partial charge in [0.15, 0.2) is 0 Å². The maximum Gasteiger partial charge on any atom is 0.238 e. The van der Waals surface area contributed by atoms with Crippen LogP contribution < -0.4 is 4.90 Å². The van der Waals surface area contributed by atoms with E-state index in [4.69, 9.17) is 11.6 Å². The Balaban J connectivity index is 1.76. The average Bonchev–Trinajstić information content (AvgIpc) is 3.08. The van der Waals surface area contributed by atoms with Gasteiger partial charge in [0.25, 0.3) is 0 Å². The van der Waals surface area contributed by atoms with Crippen LogP contribution in [0.25, 0.3) is 0 Å². The van der Waals surface area contributed by atoms with Crippen LogP contribution in [0.2, 0.25) is 5.02 Å². The lowest BCUT2D eigenvalue weighted by molar-refractivity contribution is -0.123. The van der Waals surface area contributed by atoms with Gasteiger partial charge < -0.3 is 0 Å². The molecule has 2 aliphatic carbocycles. The van der Waals surface area contributed by atoms with Crippen LogP contribution in [-0.4, -0.2) is 11.8 Å². The minimum Gasteiger partial charge on any atom is -0.274 e. The lowest BCUT2D eigenvalue weighted by Crippen LogP contribution is -2.32. The van der Waals surface area contributed by atoms with Gasteiger partial charge in [0.1, 0.15) is 0 Å². The van der Waals surface area contributed by atoms with Crippen molar-refractivity contribution in [2.75, 3.05) is 4.90 Å². The largest absolute Gasteiger partial charge is 0.274 e. The van der Waals surface area contributed by atoms with Gasteiger partial charge in [-0.05, 0) is 42.9 Å². The molecule has 2 amide bonds. The molecule has 4 heteroatoms. The van der Waals surface area contributed by atoms with Crippen molar-refractivity contribution in [1.29, 1.82) is 0 Å². The molecule has 1 heterocycles. The minimum absolute atomic E-state index is 0.0585. The van der Waals surface area contributed by atoms with E-state index >= 15 is 0 Å². The molecular formula is C16H14ClNO2. The van der Waals surface area contributed by atoms with E-state index in [1.165, 1.54) is 4.90 Å². The molecule has 4 atom stereocenters. The van der Waals surface area contributed by atoms with Crippen molar-refractivity contribution in [3.05, 3.63) is 40.9 Å². The molecule has 1 aromatic rings. The molecule has 3 nitrogen and oxygen atoms in total. The quantitative estimate of drug-likeness (QED) is 0.588. The maximum absolute atomic E-state index is 12.6. The number of allylic oxidation sites excluding steroid dienone is 2. The van der Waals surface area contributed by atoms with Crippen LogP contribution in [0.1, 0.15) is 12.0 Å². The first-order chi connectivity index (χ1) is 9.58. The summed E-state index contributed by atoms with van der Waals surface area (Å²) in [6.07, 6.45) is 5.15. The number of aryl methyl sites for hydroxylation is 1. The Hall–Kier alpha value is -1.61. The van der Waals surface area contributed by atoms with Gasteiger partial charge >= 0.3 is 0 Å². The van der Waals surface area contributed by atoms with Gasteiger partial charge in [0.2, 0.25) is 11.8 Å². The first-order valence-electron chi connectivity index (χ1n) is 6.90. The molecule has 0 radical (unpaired) electrons. The molecule has 2 fully saturated rings. The third-order valence-electron chi connectivity index (χ3n) is 4.88. The number of anilines is 1. The highest BCUT2D eigenvalue weighted by atomic mass is 35.5. The zero-order chi connectivity index (χ0) is 14.0. The molecule has 0 spiro atoms. The standard InChI is InChI=1S/C16H14ClNO2/c1-8-2-5-11(7-12(8)17)18-15(19)13-9-3-4-10(6-9)14(13)16(18)20/h2-5,7,9-10,13-14H,6H2,1H3/t9-,10+,13+,14-. The molecule has 20 heavy (non-hydrogen) atoms. The molecule has 1 aliphatic heterocycles. The van der Waals surface area contributed by atoms with E-state index in [0.29, 0.717) is 10.7 Å². The van der Waals surface area contributed by atoms with Gasteiger partial charge in [-0.15, -0.1) is 0 Å². The van der Waals surface area contributed by atoms with E-state index in [1.807, 2.05) is 13.0 Å². The average molecular weight is 288 g/mol. The summed E-state index contributed by atoms with van der Waals surface area (Å²) in [5.41, 5.74) is 1.54. The van der Waals surface area contributed by atoms with Crippen molar-refractivity contribution in [2.24, 2.45) is 23.7 Å². The number of imide groups is 1. The number of hydrogen-bond donors (Lipinski definition) is 0. The molecule has 2 bridgehead atoms. The molecule has 102 valence electrons. The zero-order valence-electron chi connectivity index (χ0n) is 11.0. The first kappa shape index (κ1) is 12.2. The van der Waals surface area contributed by atoms with Crippen molar-refractivity contribution in [3.63, 3.8) is 0 Å². The van der Waals surface area contributed by atoms with Crippen LogP contribution >= 0.6 is 11.6 Å². The lowest BCUT2D eigenvalue weighted by atomic mass is 9.85. The molecule has 1 aromatic carbocycles. The Bertz CT molecular complexity index is 636. The number of benzene rings is 1. The number of amides is 2. The van der Waals surface area contributed by atoms with Gasteiger partial charge in [-0.1, -0.05) is 29.8 Å². The second kappa shape index (κ2) is 3.95. The third-order valence-corrected chi connectivity index (χ3v) is 5.29. The summed E-state index contributed by atoms with van der Waals surface area (Å²) in [6.45, 7) is 1.90. The first-order valence-corrected chi connectivity index (χ1v) is 7.28. The Kier molecular flexibility index (Phi) is 2.40. The number of halogens is 1. The molecule has 4 rings (SSSR count). The Morgan fingerprint density at radius 1 is 1.10 bits per heavy atom. The monoisotopic (exact) mass is 287 g/mol. The smallest absolute Gasteiger partial charge is 0.238 e. The number of hydrogen-bond acceptors (Lipinski definition) is 2. The molecule has 3 aliphatic rings. The molecule has 0 aromatic heterocycles. The third kappa shape index (κ3) is 1.41. The van der Waals surface area contributed by atoms with Crippen LogP contribution in [0.3, 0.4) is 0 Å². The summed E-state index contributed by atoms with van der Waals surface area (Å²) in [6, 6.07) is 5.36. The topological polar surface area (TPSA) is 37.4 Å². The SMILES string of the molecule is Cc1ccc(N2C(=O)[C@@H]3[C@H](C2=O)[C@H]2C=C[C@@H]3C2)cc1Cl. The second-order valence-corrected chi connectivity index (χ2v) is 6.35. The van der Waals surface area contributed by atoms with Gasteiger partial charge in [-0.25, -0.2) is 4.90 Å². The summed E-state index contributed by atoms with van der Waals surface area (Å²) in [5.74, 6) is 0.0587. The fourth-order valence-corrected chi connectivity index (χ4v) is 4.05. The highest BCUT2D eigenvalue weighted by molar-refractivity contribution is 6.32. The molecule has 0 unspecified atom stereocenters. The number of carbonyl (C=O) groups excluding carboxylic acids is 2. The van der Waals surface area contributed by atoms with Crippen molar-refractivity contribution in [2.45, 2.75) is 13.3 Å². The minimum atomic E-state index is -0.155. The van der Waals surface area contributed by atoms with E-state index in [-0.39, 0.29) is 35.5 Å². The van der Waals surface area contributed by atoms with Gasteiger partial charge in [0.05, 0.1) is 17.5 Å². The number of fused-ring (bicyclic) bond motifs is 5. The fourth-order valence-electron chi connectivity index (χ4n) is 3.88. The highest BCUT2D eigenvalue weighted by Gasteiger charge is 2.59. The second-order valence-electron chi connectivity index (χ2n) is 5.95. The van der Waals surface area contributed by atoms with Crippen LogP contribution in [0.4, 0.5) is 5.69 Å². The molecule has 0 N–H and O–H groups in total. The van der Waals surface area contributed by atoms with Crippen molar-refractivity contribution < 1.29 is 9.59 Å². The molecule has 1 saturated heterocycles. The predicted octanol–water partition coefficient (Wildman–Crippen LogP) is 2.96. The molecule has 1 saturated carbocycles. The van der Waals surface area contributed by atoms with Crippen LogP contribution in [0, 0.1) is 30.6 Å². The Morgan fingerprint density at radius 2 is 1.70 bits per heavy atom. The van der Waals surface area contributed by atoms with E-state index in [9.17, 15) is 9.59 Å². The van der Waals surface area contributed by atoms with E-state index in [2.05, 4.69) is 12.2 Å². The summed E-state index contributed by atoms with van der Waals surface area (Å²) in [4.78, 5) is 26.6. The van der Waals surface area contributed by atoms with Gasteiger partial charge in [-0.3, -0.25) is 9.59 Å². The van der Waals surface area contributed by atoms with Crippen LogP contribution in [0.5, 0.6) is 0 Å². The normalized spacial score (nSPS) is 34.2. The van der Waals surface area contributed by atoms with Gasteiger partial charge in [0, 0.05) is 5.02 Å². The van der Waals surface area contributed by atoms with E-state index in [0.717, 1.165) is 12.0 Å². The van der Waals surface area contributed by atoms with Crippen LogP contribution in [-0.2, 0) is 9.59 Å². The fraction of sp³-hybridized carbons (Fsp3) is 0.375. The summed E-state index contributed by atoms with van der Waals surface area (Å²) >= 11 is 6.12. The predicted molar refractivity (Wildman–Crippen MR) is 76.4 cm³/mol. The zero-order valence-corrected chi connectivity index (χ0v) is 11.8.